The molecule has 0 aromatic heterocycles. The smallest absolute Gasteiger partial charge is 0.345 e. The van der Waals surface area contributed by atoms with E-state index in [1.807, 2.05) is 18.2 Å². The van der Waals surface area contributed by atoms with Crippen molar-refractivity contribution in [3.63, 3.8) is 0 Å². The predicted octanol–water partition coefficient (Wildman–Crippen LogP) is 0.974. The summed E-state index contributed by atoms with van der Waals surface area (Å²) < 4.78 is 19.7. The molecule has 1 atom stereocenters. The van der Waals surface area contributed by atoms with Crippen molar-refractivity contribution < 1.29 is 12.7 Å². The maximum Gasteiger partial charge on any atom is 0.441 e. The molecule has 1 aromatic carbocycles. The van der Waals surface area contributed by atoms with Crippen LogP contribution in [0.1, 0.15) is 5.56 Å². The number of nitrogens with zero attached hydrogens (tertiary/aromatic N) is 1. The van der Waals surface area contributed by atoms with Gasteiger partial charge in [0.15, 0.2) is 0 Å². The van der Waals surface area contributed by atoms with Crippen molar-refractivity contribution in [2.45, 2.75) is 0 Å². The second kappa shape index (κ2) is 2.94. The Labute approximate surface area is 71.7 Å². The summed E-state index contributed by atoms with van der Waals surface area (Å²) in [5, 5.41) is 3.48. The van der Waals surface area contributed by atoms with Gasteiger partial charge >= 0.3 is 11.4 Å². The van der Waals surface area contributed by atoms with Crippen LogP contribution in [0, 0.1) is 0 Å². The van der Waals surface area contributed by atoms with Crippen LogP contribution in [0.4, 0.5) is 0 Å². The van der Waals surface area contributed by atoms with Crippen LogP contribution >= 0.6 is 0 Å². The molecule has 2 rings (SSSR count). The zero-order chi connectivity index (χ0) is 8.39. The highest BCUT2D eigenvalue weighted by Gasteiger charge is 2.18. The van der Waals surface area contributed by atoms with Gasteiger partial charge in [-0.05, 0) is 17.3 Å². The van der Waals surface area contributed by atoms with E-state index in [2.05, 4.69) is 9.44 Å². The Balaban J connectivity index is 2.28. The maximum atomic E-state index is 10.6. The molecular weight excluding hydrogens is 178 g/mol. The van der Waals surface area contributed by atoms with E-state index < -0.39 is 11.4 Å². The van der Waals surface area contributed by atoms with Gasteiger partial charge in [0.2, 0.25) is 0 Å². The lowest BCUT2D eigenvalue weighted by molar-refractivity contribution is 0.371. The Morgan fingerprint density at radius 1 is 1.25 bits per heavy atom. The standard InChI is InChI=1S/C7H5NO3S/c9-12-10-7(8-11-12)6-4-2-1-3-5-6/h1-5H. The van der Waals surface area contributed by atoms with Gasteiger partial charge in [0.1, 0.15) is 0 Å². The number of hydrogen-bond donors (Lipinski definition) is 0. The fourth-order valence-electron chi connectivity index (χ4n) is 0.841. The largest absolute Gasteiger partial charge is 0.441 e. The molecular formula is C7H5NO3S. The van der Waals surface area contributed by atoms with Gasteiger partial charge in [0.05, 0.1) is 0 Å². The second-order valence-corrected chi connectivity index (χ2v) is 2.85. The summed E-state index contributed by atoms with van der Waals surface area (Å²) in [6.45, 7) is 0. The summed E-state index contributed by atoms with van der Waals surface area (Å²) in [5.41, 5.74) is 0.753. The molecule has 5 heteroatoms. The molecule has 0 radical (unpaired) electrons. The Morgan fingerprint density at radius 2 is 2.00 bits per heavy atom. The monoisotopic (exact) mass is 183 g/mol. The van der Waals surface area contributed by atoms with E-state index in [9.17, 15) is 4.21 Å². The molecule has 4 nitrogen and oxygen atoms in total. The summed E-state index contributed by atoms with van der Waals surface area (Å²) in [5.74, 6) is 0.258. The van der Waals surface area contributed by atoms with Gasteiger partial charge in [-0.15, -0.1) is 0 Å². The number of benzene rings is 1. The highest BCUT2D eigenvalue weighted by atomic mass is 32.2. The average molecular weight is 183 g/mol. The first-order chi connectivity index (χ1) is 5.86. The lowest BCUT2D eigenvalue weighted by Gasteiger charge is -1.93. The third-order valence-corrected chi connectivity index (χ3v) is 1.84. The molecule has 62 valence electrons. The highest BCUT2D eigenvalue weighted by molar-refractivity contribution is 7.75. The zero-order valence-corrected chi connectivity index (χ0v) is 6.78. The molecule has 1 aliphatic rings. The Morgan fingerprint density at radius 3 is 2.58 bits per heavy atom. The van der Waals surface area contributed by atoms with Gasteiger partial charge in [0, 0.05) is 5.56 Å². The first-order valence-electron chi connectivity index (χ1n) is 3.27. The summed E-state index contributed by atoms with van der Waals surface area (Å²) in [6, 6.07) is 9.14. The molecule has 12 heavy (non-hydrogen) atoms. The Hall–Kier alpha value is -1.36. The van der Waals surface area contributed by atoms with Crippen molar-refractivity contribution >= 4 is 17.3 Å². The average Bonchev–Trinajstić information content (AvgIpc) is 2.54. The van der Waals surface area contributed by atoms with Crippen molar-refractivity contribution in [2.75, 3.05) is 0 Å². The molecule has 0 aliphatic carbocycles. The number of oxime groups is 1. The van der Waals surface area contributed by atoms with Crippen LogP contribution < -0.4 is 0 Å². The summed E-state index contributed by atoms with van der Waals surface area (Å²) in [6.07, 6.45) is 0. The molecule has 0 bridgehead atoms. The molecule has 1 heterocycles. The first-order valence-corrected chi connectivity index (χ1v) is 4.27. The Kier molecular flexibility index (Phi) is 1.79. The van der Waals surface area contributed by atoms with Gasteiger partial charge in [-0.25, -0.2) is 0 Å². The van der Waals surface area contributed by atoms with Crippen LogP contribution in [0.25, 0.3) is 0 Å². The second-order valence-electron chi connectivity index (χ2n) is 2.12. The van der Waals surface area contributed by atoms with Gasteiger partial charge in [-0.1, -0.05) is 18.2 Å². The summed E-state index contributed by atoms with van der Waals surface area (Å²) >= 11 is -1.76. The van der Waals surface area contributed by atoms with E-state index in [1.165, 1.54) is 0 Å². The van der Waals surface area contributed by atoms with Gasteiger partial charge in [-0.2, -0.15) is 4.21 Å². The van der Waals surface area contributed by atoms with Crippen LogP contribution in [-0.4, -0.2) is 10.1 Å². The fraction of sp³-hybridized carbons (Fsp3) is 0. The van der Waals surface area contributed by atoms with E-state index >= 15 is 0 Å². The van der Waals surface area contributed by atoms with Gasteiger partial charge in [-0.3, -0.25) is 4.28 Å². The molecule has 0 N–H and O–H groups in total. The first kappa shape index (κ1) is 7.30. The maximum absolute atomic E-state index is 10.6. The third-order valence-electron chi connectivity index (χ3n) is 1.35. The van der Waals surface area contributed by atoms with E-state index in [4.69, 9.17) is 4.18 Å². The lowest BCUT2D eigenvalue weighted by Crippen LogP contribution is -2.00. The molecule has 0 amide bonds. The topological polar surface area (TPSA) is 47.9 Å². The van der Waals surface area contributed by atoms with Crippen LogP contribution in [0.2, 0.25) is 0 Å². The zero-order valence-electron chi connectivity index (χ0n) is 5.97. The molecule has 1 aliphatic heterocycles. The minimum absolute atomic E-state index is 0.258. The third kappa shape index (κ3) is 1.31. The quantitative estimate of drug-likeness (QED) is 0.651. The molecule has 0 saturated heterocycles. The van der Waals surface area contributed by atoms with Crippen molar-refractivity contribution in [3.8, 4) is 0 Å². The summed E-state index contributed by atoms with van der Waals surface area (Å²) in [7, 11) is 0. The van der Waals surface area contributed by atoms with E-state index in [1.54, 1.807) is 12.1 Å². The predicted molar refractivity (Wildman–Crippen MR) is 43.3 cm³/mol. The van der Waals surface area contributed by atoms with Crippen molar-refractivity contribution in [1.29, 1.82) is 0 Å². The molecule has 0 saturated carbocycles. The highest BCUT2D eigenvalue weighted by Crippen LogP contribution is 2.10. The van der Waals surface area contributed by atoms with E-state index in [0.29, 0.717) is 0 Å². The molecule has 0 spiro atoms. The van der Waals surface area contributed by atoms with Crippen LogP contribution in [0.15, 0.2) is 35.5 Å². The number of hydrogen-bond acceptors (Lipinski definition) is 4. The van der Waals surface area contributed by atoms with Crippen LogP contribution in [-0.2, 0) is 19.8 Å². The summed E-state index contributed by atoms with van der Waals surface area (Å²) in [4.78, 5) is 0. The molecule has 0 fully saturated rings. The van der Waals surface area contributed by atoms with Gasteiger partial charge < -0.3 is 4.18 Å². The minimum atomic E-state index is -1.76. The fourth-order valence-corrected chi connectivity index (χ4v) is 1.26. The van der Waals surface area contributed by atoms with Crippen LogP contribution in [0.5, 0.6) is 0 Å². The molecule has 1 unspecified atom stereocenters. The van der Waals surface area contributed by atoms with Crippen molar-refractivity contribution in [1.82, 2.24) is 0 Å². The van der Waals surface area contributed by atoms with Crippen molar-refractivity contribution in [3.05, 3.63) is 35.9 Å². The van der Waals surface area contributed by atoms with Crippen molar-refractivity contribution in [2.24, 2.45) is 5.16 Å². The van der Waals surface area contributed by atoms with Crippen LogP contribution in [0.3, 0.4) is 0 Å². The number of rotatable bonds is 1. The van der Waals surface area contributed by atoms with E-state index in [-0.39, 0.29) is 5.90 Å². The molecule has 1 aromatic rings. The lowest BCUT2D eigenvalue weighted by atomic mass is 10.2. The SMILES string of the molecule is O=S1ON=C(c2ccccc2)O1. The Bertz CT molecular complexity index is 336. The minimum Gasteiger partial charge on any atom is -0.345 e. The van der Waals surface area contributed by atoms with E-state index in [0.717, 1.165) is 5.56 Å². The van der Waals surface area contributed by atoms with Gasteiger partial charge in [0.25, 0.3) is 5.90 Å². The normalized spacial score (nSPS) is 21.0.